The van der Waals surface area contributed by atoms with Crippen LogP contribution >= 0.6 is 23.2 Å². The van der Waals surface area contributed by atoms with E-state index in [9.17, 15) is 5.11 Å². The quantitative estimate of drug-likeness (QED) is 0.915. The molecule has 1 aliphatic carbocycles. The molecular formula is C14H18Cl2O2. The number of ether oxygens (including phenoxy) is 1. The smallest absolute Gasteiger partial charge is 0.0948 e. The summed E-state index contributed by atoms with van der Waals surface area (Å²) in [6.45, 7) is 0. The normalized spacial score (nSPS) is 28.3. The zero-order chi connectivity index (χ0) is 13.2. The molecule has 0 aliphatic heterocycles. The van der Waals surface area contributed by atoms with Crippen LogP contribution < -0.4 is 0 Å². The fourth-order valence-corrected chi connectivity index (χ4v) is 3.05. The second-order valence-corrected chi connectivity index (χ2v) is 5.81. The van der Waals surface area contributed by atoms with Crippen molar-refractivity contribution in [2.45, 2.75) is 43.8 Å². The van der Waals surface area contributed by atoms with E-state index < -0.39 is 5.60 Å². The van der Waals surface area contributed by atoms with Gasteiger partial charge in [0.05, 0.1) is 21.8 Å². The molecule has 1 fully saturated rings. The molecule has 0 amide bonds. The van der Waals surface area contributed by atoms with Gasteiger partial charge in [-0.25, -0.2) is 0 Å². The van der Waals surface area contributed by atoms with Crippen molar-refractivity contribution in [3.63, 3.8) is 0 Å². The number of hydrogen-bond acceptors (Lipinski definition) is 2. The first-order valence-corrected chi connectivity index (χ1v) is 7.00. The van der Waals surface area contributed by atoms with Crippen LogP contribution in [-0.4, -0.2) is 23.9 Å². The van der Waals surface area contributed by atoms with Crippen molar-refractivity contribution >= 4 is 23.2 Å². The Morgan fingerprint density at radius 3 is 2.78 bits per heavy atom. The van der Waals surface area contributed by atoms with E-state index in [-0.39, 0.29) is 6.10 Å². The fourth-order valence-electron chi connectivity index (χ4n) is 2.73. The minimum absolute atomic E-state index is 0.0966. The summed E-state index contributed by atoms with van der Waals surface area (Å²) >= 11 is 11.9. The lowest BCUT2D eigenvalue weighted by Gasteiger charge is -2.39. The van der Waals surface area contributed by atoms with Gasteiger partial charge < -0.3 is 9.84 Å². The summed E-state index contributed by atoms with van der Waals surface area (Å²) in [4.78, 5) is 0. The van der Waals surface area contributed by atoms with Gasteiger partial charge >= 0.3 is 0 Å². The summed E-state index contributed by atoms with van der Waals surface area (Å²) in [5.41, 5.74) is 0.209. The molecule has 2 unspecified atom stereocenters. The second-order valence-electron chi connectivity index (χ2n) is 5.00. The van der Waals surface area contributed by atoms with Crippen LogP contribution in [0, 0.1) is 0 Å². The molecule has 2 rings (SSSR count). The second kappa shape index (κ2) is 5.79. The van der Waals surface area contributed by atoms with Crippen LogP contribution in [0.1, 0.15) is 31.2 Å². The Morgan fingerprint density at radius 2 is 2.11 bits per heavy atom. The highest BCUT2D eigenvalue weighted by molar-refractivity contribution is 6.42. The topological polar surface area (TPSA) is 29.5 Å². The maximum Gasteiger partial charge on any atom is 0.0948 e. The molecule has 1 aromatic carbocycles. The SMILES string of the molecule is COC1CCCCC1(O)Cc1ccc(Cl)c(Cl)c1. The average molecular weight is 289 g/mol. The van der Waals surface area contributed by atoms with E-state index in [0.29, 0.717) is 16.5 Å². The Bertz CT molecular complexity index is 422. The summed E-state index contributed by atoms with van der Waals surface area (Å²) < 4.78 is 5.42. The molecule has 0 spiro atoms. The van der Waals surface area contributed by atoms with Gasteiger partial charge in [0.1, 0.15) is 0 Å². The van der Waals surface area contributed by atoms with Crippen LogP contribution in [0.4, 0.5) is 0 Å². The summed E-state index contributed by atoms with van der Waals surface area (Å²) in [7, 11) is 1.66. The van der Waals surface area contributed by atoms with E-state index in [1.807, 2.05) is 12.1 Å². The average Bonchev–Trinajstić information content (AvgIpc) is 2.34. The van der Waals surface area contributed by atoms with Crippen LogP contribution in [0.2, 0.25) is 10.0 Å². The molecule has 2 atom stereocenters. The van der Waals surface area contributed by atoms with Crippen molar-refractivity contribution in [3.05, 3.63) is 33.8 Å². The maximum absolute atomic E-state index is 10.7. The zero-order valence-corrected chi connectivity index (χ0v) is 12.0. The molecule has 1 N–H and O–H groups in total. The third kappa shape index (κ3) is 3.00. The Labute approximate surface area is 118 Å². The molecule has 0 radical (unpaired) electrons. The van der Waals surface area contributed by atoms with Gasteiger partial charge in [-0.05, 0) is 30.5 Å². The van der Waals surface area contributed by atoms with Crippen molar-refractivity contribution in [1.82, 2.24) is 0 Å². The molecule has 0 bridgehead atoms. The first kappa shape index (κ1) is 14.1. The minimum atomic E-state index is -0.788. The number of halogens is 2. The highest BCUT2D eigenvalue weighted by atomic mass is 35.5. The molecule has 100 valence electrons. The summed E-state index contributed by atoms with van der Waals surface area (Å²) in [5.74, 6) is 0. The van der Waals surface area contributed by atoms with Crippen molar-refractivity contribution in [3.8, 4) is 0 Å². The van der Waals surface area contributed by atoms with Gasteiger partial charge in [-0.3, -0.25) is 0 Å². The highest BCUT2D eigenvalue weighted by Gasteiger charge is 2.39. The molecule has 1 aliphatic rings. The summed E-state index contributed by atoms with van der Waals surface area (Å²) in [6, 6.07) is 5.50. The predicted molar refractivity (Wildman–Crippen MR) is 74.4 cm³/mol. The number of aliphatic hydroxyl groups is 1. The van der Waals surface area contributed by atoms with E-state index in [1.165, 1.54) is 0 Å². The molecule has 0 heterocycles. The first-order valence-electron chi connectivity index (χ1n) is 6.24. The Kier molecular flexibility index (Phi) is 4.54. The standard InChI is InChI=1S/C14H18Cl2O2/c1-18-13-4-2-3-7-14(13,17)9-10-5-6-11(15)12(16)8-10/h5-6,8,13,17H,2-4,7,9H2,1H3. The minimum Gasteiger partial charge on any atom is -0.387 e. The third-order valence-corrected chi connectivity index (χ3v) is 4.44. The zero-order valence-electron chi connectivity index (χ0n) is 10.5. The fraction of sp³-hybridized carbons (Fsp3) is 0.571. The van der Waals surface area contributed by atoms with Crippen molar-refractivity contribution in [1.29, 1.82) is 0 Å². The van der Waals surface area contributed by atoms with Gasteiger partial charge in [0.15, 0.2) is 0 Å². The van der Waals surface area contributed by atoms with Gasteiger partial charge in [0.25, 0.3) is 0 Å². The van der Waals surface area contributed by atoms with Crippen LogP contribution in [0.25, 0.3) is 0 Å². The number of hydrogen-bond donors (Lipinski definition) is 1. The molecule has 1 saturated carbocycles. The molecule has 2 nitrogen and oxygen atoms in total. The van der Waals surface area contributed by atoms with E-state index in [2.05, 4.69) is 0 Å². The largest absolute Gasteiger partial charge is 0.387 e. The lowest BCUT2D eigenvalue weighted by molar-refractivity contribution is -0.116. The monoisotopic (exact) mass is 288 g/mol. The number of rotatable bonds is 3. The van der Waals surface area contributed by atoms with Crippen molar-refractivity contribution < 1.29 is 9.84 Å². The van der Waals surface area contributed by atoms with Crippen LogP contribution in [0.5, 0.6) is 0 Å². The molecule has 0 saturated heterocycles. The lowest BCUT2D eigenvalue weighted by Crippen LogP contribution is -2.47. The number of benzene rings is 1. The van der Waals surface area contributed by atoms with Gasteiger partial charge in [0, 0.05) is 13.5 Å². The predicted octanol–water partition coefficient (Wildman–Crippen LogP) is 3.86. The molecule has 4 heteroatoms. The van der Waals surface area contributed by atoms with Gasteiger partial charge in [-0.2, -0.15) is 0 Å². The lowest BCUT2D eigenvalue weighted by atomic mass is 9.78. The van der Waals surface area contributed by atoms with Crippen LogP contribution in [-0.2, 0) is 11.2 Å². The summed E-state index contributed by atoms with van der Waals surface area (Å²) in [5, 5.41) is 11.8. The van der Waals surface area contributed by atoms with E-state index >= 15 is 0 Å². The molecule has 18 heavy (non-hydrogen) atoms. The maximum atomic E-state index is 10.7. The molecule has 1 aromatic rings. The highest BCUT2D eigenvalue weighted by Crippen LogP contribution is 2.34. The van der Waals surface area contributed by atoms with Crippen LogP contribution in [0.15, 0.2) is 18.2 Å². The Morgan fingerprint density at radius 1 is 1.33 bits per heavy atom. The molecule has 0 aromatic heterocycles. The molecular weight excluding hydrogens is 271 g/mol. The Balaban J connectivity index is 2.17. The van der Waals surface area contributed by atoms with Crippen molar-refractivity contribution in [2.75, 3.05) is 7.11 Å². The van der Waals surface area contributed by atoms with Crippen molar-refractivity contribution in [2.24, 2.45) is 0 Å². The van der Waals surface area contributed by atoms with E-state index in [0.717, 1.165) is 31.2 Å². The van der Waals surface area contributed by atoms with Crippen LogP contribution in [0.3, 0.4) is 0 Å². The van der Waals surface area contributed by atoms with E-state index in [1.54, 1.807) is 13.2 Å². The van der Waals surface area contributed by atoms with Gasteiger partial charge in [-0.15, -0.1) is 0 Å². The van der Waals surface area contributed by atoms with Gasteiger partial charge in [0.2, 0.25) is 0 Å². The first-order chi connectivity index (χ1) is 8.55. The summed E-state index contributed by atoms with van der Waals surface area (Å²) in [6.07, 6.45) is 4.29. The van der Waals surface area contributed by atoms with E-state index in [4.69, 9.17) is 27.9 Å². The third-order valence-electron chi connectivity index (χ3n) is 3.70. The Hall–Kier alpha value is -0.280. The van der Waals surface area contributed by atoms with Gasteiger partial charge in [-0.1, -0.05) is 42.1 Å². The number of methoxy groups -OCH3 is 1.